The number of aromatic carboxylic acids is 1. The molecule has 5 nitrogen and oxygen atoms in total. The molecule has 1 aromatic heterocycles. The maximum Gasteiger partial charge on any atom is 0.336 e. The van der Waals surface area contributed by atoms with E-state index in [2.05, 4.69) is 10.3 Å². The monoisotopic (exact) mass is 304 g/mol. The number of aromatic nitrogens is 1. The van der Waals surface area contributed by atoms with E-state index in [4.69, 9.17) is 16.7 Å². The SMILES string of the molecule is Cc1cc(NC(=O)c2cnccc2Cl)cc(C(=O)O)c1C. The molecule has 0 spiro atoms. The van der Waals surface area contributed by atoms with E-state index in [1.165, 1.54) is 24.5 Å². The maximum atomic E-state index is 12.1. The number of hydrogen-bond donors (Lipinski definition) is 2. The molecule has 0 aliphatic heterocycles. The number of halogens is 1. The molecule has 0 fully saturated rings. The molecule has 1 aromatic carbocycles. The molecule has 0 aliphatic carbocycles. The number of carboxylic acid groups (broad SMARTS) is 1. The molecule has 0 bridgehead atoms. The van der Waals surface area contributed by atoms with E-state index in [0.29, 0.717) is 11.3 Å². The molecule has 2 N–H and O–H groups in total. The van der Waals surface area contributed by atoms with Crippen molar-refractivity contribution in [1.29, 1.82) is 0 Å². The third-order valence-corrected chi connectivity index (χ3v) is 3.50. The highest BCUT2D eigenvalue weighted by Gasteiger charge is 2.14. The van der Waals surface area contributed by atoms with Crippen LogP contribution >= 0.6 is 11.6 Å². The summed E-state index contributed by atoms with van der Waals surface area (Å²) in [7, 11) is 0. The number of amides is 1. The average Bonchev–Trinajstić information content (AvgIpc) is 2.42. The smallest absolute Gasteiger partial charge is 0.336 e. The van der Waals surface area contributed by atoms with Crippen molar-refractivity contribution in [3.63, 3.8) is 0 Å². The van der Waals surface area contributed by atoms with Gasteiger partial charge >= 0.3 is 5.97 Å². The Morgan fingerprint density at radius 1 is 1.24 bits per heavy atom. The van der Waals surface area contributed by atoms with Crippen LogP contribution < -0.4 is 5.32 Å². The number of rotatable bonds is 3. The van der Waals surface area contributed by atoms with Gasteiger partial charge in [-0.05, 0) is 43.2 Å². The highest BCUT2D eigenvalue weighted by molar-refractivity contribution is 6.34. The van der Waals surface area contributed by atoms with Crippen LogP contribution in [-0.4, -0.2) is 22.0 Å². The predicted octanol–water partition coefficient (Wildman–Crippen LogP) is 3.30. The largest absolute Gasteiger partial charge is 0.478 e. The summed E-state index contributed by atoms with van der Waals surface area (Å²) in [6.45, 7) is 3.51. The Morgan fingerprint density at radius 2 is 1.95 bits per heavy atom. The Morgan fingerprint density at radius 3 is 2.57 bits per heavy atom. The van der Waals surface area contributed by atoms with Gasteiger partial charge in [0, 0.05) is 18.1 Å². The molecule has 0 saturated heterocycles. The van der Waals surface area contributed by atoms with E-state index in [1.54, 1.807) is 19.9 Å². The zero-order chi connectivity index (χ0) is 15.6. The van der Waals surface area contributed by atoms with Crippen molar-refractivity contribution in [1.82, 2.24) is 4.98 Å². The first kappa shape index (κ1) is 15.0. The van der Waals surface area contributed by atoms with Crippen LogP contribution in [0.5, 0.6) is 0 Å². The van der Waals surface area contributed by atoms with Gasteiger partial charge in [-0.3, -0.25) is 9.78 Å². The first-order valence-corrected chi connectivity index (χ1v) is 6.53. The molecule has 6 heteroatoms. The second-order valence-electron chi connectivity index (χ2n) is 4.58. The van der Waals surface area contributed by atoms with Crippen molar-refractivity contribution in [2.24, 2.45) is 0 Å². The van der Waals surface area contributed by atoms with Crippen LogP contribution in [0.15, 0.2) is 30.6 Å². The lowest BCUT2D eigenvalue weighted by atomic mass is 10.0. The highest BCUT2D eigenvalue weighted by atomic mass is 35.5. The highest BCUT2D eigenvalue weighted by Crippen LogP contribution is 2.22. The van der Waals surface area contributed by atoms with Gasteiger partial charge in [-0.1, -0.05) is 11.6 Å². The van der Waals surface area contributed by atoms with Gasteiger partial charge < -0.3 is 10.4 Å². The van der Waals surface area contributed by atoms with E-state index in [-0.39, 0.29) is 16.1 Å². The Balaban J connectivity index is 2.34. The first-order valence-electron chi connectivity index (χ1n) is 6.15. The van der Waals surface area contributed by atoms with Gasteiger partial charge in [0.15, 0.2) is 0 Å². The normalized spacial score (nSPS) is 10.2. The molecule has 2 rings (SSSR count). The molecule has 108 valence electrons. The number of carbonyl (C=O) groups excluding carboxylic acids is 1. The van der Waals surface area contributed by atoms with Gasteiger partial charge in [0.25, 0.3) is 5.91 Å². The Bertz CT molecular complexity index is 729. The molecular weight excluding hydrogens is 292 g/mol. The Labute approximate surface area is 126 Å². The third-order valence-electron chi connectivity index (χ3n) is 3.17. The zero-order valence-electron chi connectivity index (χ0n) is 11.5. The molecule has 0 aliphatic rings. The third kappa shape index (κ3) is 3.20. The lowest BCUT2D eigenvalue weighted by Crippen LogP contribution is -2.14. The number of nitrogens with zero attached hydrogens (tertiary/aromatic N) is 1. The fourth-order valence-corrected chi connectivity index (χ4v) is 2.09. The van der Waals surface area contributed by atoms with E-state index in [1.807, 2.05) is 0 Å². The van der Waals surface area contributed by atoms with Gasteiger partial charge in [0.05, 0.1) is 16.1 Å². The van der Waals surface area contributed by atoms with Gasteiger partial charge in [0.2, 0.25) is 0 Å². The number of hydrogen-bond acceptors (Lipinski definition) is 3. The number of carboxylic acids is 1. The fourth-order valence-electron chi connectivity index (χ4n) is 1.90. The number of nitrogens with one attached hydrogen (secondary N) is 1. The maximum absolute atomic E-state index is 12.1. The van der Waals surface area contributed by atoms with Gasteiger partial charge in [-0.15, -0.1) is 0 Å². The van der Waals surface area contributed by atoms with Crippen molar-refractivity contribution in [2.75, 3.05) is 5.32 Å². The number of pyridine rings is 1. The van der Waals surface area contributed by atoms with Crippen LogP contribution in [0.3, 0.4) is 0 Å². The van der Waals surface area contributed by atoms with Crippen molar-refractivity contribution >= 4 is 29.2 Å². The minimum Gasteiger partial charge on any atom is -0.478 e. The molecule has 1 heterocycles. The van der Waals surface area contributed by atoms with Crippen molar-refractivity contribution in [3.8, 4) is 0 Å². The summed E-state index contributed by atoms with van der Waals surface area (Å²) >= 11 is 5.93. The standard InChI is InChI=1S/C15H13ClN2O3/c1-8-5-10(6-11(9(8)2)15(20)21)18-14(19)12-7-17-4-3-13(12)16/h3-7H,1-2H3,(H,18,19)(H,20,21). The lowest BCUT2D eigenvalue weighted by molar-refractivity contribution is 0.0695. The summed E-state index contributed by atoms with van der Waals surface area (Å²) in [5.74, 6) is -1.47. The van der Waals surface area contributed by atoms with E-state index in [9.17, 15) is 9.59 Å². The summed E-state index contributed by atoms with van der Waals surface area (Å²) in [5, 5.41) is 12.1. The van der Waals surface area contributed by atoms with Crippen molar-refractivity contribution < 1.29 is 14.7 Å². The molecule has 0 radical (unpaired) electrons. The van der Waals surface area contributed by atoms with Gasteiger partial charge in [-0.2, -0.15) is 0 Å². The van der Waals surface area contributed by atoms with Crippen LogP contribution in [0.25, 0.3) is 0 Å². The second-order valence-corrected chi connectivity index (χ2v) is 4.99. The number of carbonyl (C=O) groups is 2. The molecule has 1 amide bonds. The second kappa shape index (κ2) is 5.93. The fraction of sp³-hybridized carbons (Fsp3) is 0.133. The predicted molar refractivity (Wildman–Crippen MR) is 80.1 cm³/mol. The van der Waals surface area contributed by atoms with Crippen LogP contribution in [0, 0.1) is 13.8 Å². The number of anilines is 1. The van der Waals surface area contributed by atoms with Crippen LogP contribution in [0.1, 0.15) is 31.8 Å². The van der Waals surface area contributed by atoms with Crippen LogP contribution in [-0.2, 0) is 0 Å². The average molecular weight is 305 g/mol. The van der Waals surface area contributed by atoms with Crippen LogP contribution in [0.4, 0.5) is 5.69 Å². The number of benzene rings is 1. The number of aryl methyl sites for hydroxylation is 1. The first-order chi connectivity index (χ1) is 9.90. The minimum absolute atomic E-state index is 0.155. The van der Waals surface area contributed by atoms with Crippen LogP contribution in [0.2, 0.25) is 5.02 Å². The molecular formula is C15H13ClN2O3. The Hall–Kier alpha value is -2.40. The van der Waals surface area contributed by atoms with Gasteiger partial charge in [-0.25, -0.2) is 4.79 Å². The molecule has 0 atom stereocenters. The minimum atomic E-state index is -1.04. The molecule has 0 unspecified atom stereocenters. The van der Waals surface area contributed by atoms with E-state index < -0.39 is 11.9 Å². The lowest BCUT2D eigenvalue weighted by Gasteiger charge is -2.11. The molecule has 0 saturated carbocycles. The quantitative estimate of drug-likeness (QED) is 0.912. The van der Waals surface area contributed by atoms with E-state index >= 15 is 0 Å². The zero-order valence-corrected chi connectivity index (χ0v) is 12.2. The summed E-state index contributed by atoms with van der Waals surface area (Å²) in [6, 6.07) is 4.65. The molecule has 2 aromatic rings. The summed E-state index contributed by atoms with van der Waals surface area (Å²) < 4.78 is 0. The Kier molecular flexibility index (Phi) is 4.23. The van der Waals surface area contributed by atoms with E-state index in [0.717, 1.165) is 5.56 Å². The topological polar surface area (TPSA) is 79.3 Å². The summed E-state index contributed by atoms with van der Waals surface area (Å²) in [6.07, 6.45) is 2.84. The summed E-state index contributed by atoms with van der Waals surface area (Å²) in [5.41, 5.74) is 2.24. The summed E-state index contributed by atoms with van der Waals surface area (Å²) in [4.78, 5) is 27.2. The van der Waals surface area contributed by atoms with Gasteiger partial charge in [0.1, 0.15) is 0 Å². The molecule has 21 heavy (non-hydrogen) atoms. The van der Waals surface area contributed by atoms with Crippen molar-refractivity contribution in [3.05, 3.63) is 57.9 Å². The van der Waals surface area contributed by atoms with Crippen molar-refractivity contribution in [2.45, 2.75) is 13.8 Å².